The first-order valence-electron chi connectivity index (χ1n) is 8.75. The number of amidine groups is 1. The Balaban J connectivity index is 1.89. The van der Waals surface area contributed by atoms with E-state index in [4.69, 9.17) is 11.1 Å². The number of nitrogens with two attached hydrogens (primary N) is 1. The van der Waals surface area contributed by atoms with Gasteiger partial charge in [0, 0.05) is 31.3 Å². The molecular weight excluding hydrogens is 351 g/mol. The predicted octanol–water partition coefficient (Wildman–Crippen LogP) is 1.47. The molecular formula is C18H19FN6O2. The number of aromatic nitrogens is 2. The minimum atomic E-state index is -0.542. The van der Waals surface area contributed by atoms with Crippen LogP contribution in [0.1, 0.15) is 36.4 Å². The first kappa shape index (κ1) is 17.2. The lowest BCUT2D eigenvalue weighted by atomic mass is 10.0. The van der Waals surface area contributed by atoms with Crippen LogP contribution in [0.5, 0.6) is 0 Å². The Hall–Kier alpha value is -3.23. The molecule has 9 heteroatoms. The SMILES string of the molecule is N=C1c2cc(cnc2N)NC(=O)CCn2cc(F)cc(c2=O)[C@H]2CCCN12. The topological polar surface area (TPSA) is 117 Å². The van der Waals surface area contributed by atoms with Crippen molar-refractivity contribution in [3.63, 3.8) is 0 Å². The number of aryl methyl sites for hydroxylation is 1. The Morgan fingerprint density at radius 2 is 2.11 bits per heavy atom. The Bertz CT molecular complexity index is 1000. The fourth-order valence-corrected chi connectivity index (χ4v) is 3.72. The van der Waals surface area contributed by atoms with Gasteiger partial charge in [-0.25, -0.2) is 9.37 Å². The number of carbonyl (C=O) groups is 1. The largest absolute Gasteiger partial charge is 0.383 e. The summed E-state index contributed by atoms with van der Waals surface area (Å²) < 4.78 is 15.4. The fraction of sp³-hybridized carbons (Fsp3) is 0.333. The average Bonchev–Trinajstić information content (AvgIpc) is 3.12. The maximum Gasteiger partial charge on any atom is 0.256 e. The van der Waals surface area contributed by atoms with E-state index in [9.17, 15) is 14.0 Å². The van der Waals surface area contributed by atoms with Crippen LogP contribution in [0.3, 0.4) is 0 Å². The Morgan fingerprint density at radius 1 is 1.30 bits per heavy atom. The summed E-state index contributed by atoms with van der Waals surface area (Å²) in [5.74, 6) is -0.611. The van der Waals surface area contributed by atoms with Crippen LogP contribution in [0, 0.1) is 11.2 Å². The van der Waals surface area contributed by atoms with Crippen LogP contribution in [0.4, 0.5) is 15.9 Å². The highest BCUT2D eigenvalue weighted by Crippen LogP contribution is 2.33. The van der Waals surface area contributed by atoms with Crippen LogP contribution in [-0.4, -0.2) is 32.7 Å². The number of halogens is 1. The van der Waals surface area contributed by atoms with Gasteiger partial charge in [-0.15, -0.1) is 0 Å². The molecule has 2 aromatic heterocycles. The highest BCUT2D eigenvalue weighted by molar-refractivity contribution is 6.02. The summed E-state index contributed by atoms with van der Waals surface area (Å²) in [4.78, 5) is 30.9. The highest BCUT2D eigenvalue weighted by atomic mass is 19.1. The van der Waals surface area contributed by atoms with Crippen LogP contribution < -0.4 is 16.6 Å². The number of carbonyl (C=O) groups excluding carboxylic acids is 1. The van der Waals surface area contributed by atoms with Crippen LogP contribution in [-0.2, 0) is 11.3 Å². The molecule has 1 saturated heterocycles. The number of hydrogen-bond acceptors (Lipinski definition) is 5. The molecule has 4 heterocycles. The van der Waals surface area contributed by atoms with Gasteiger partial charge in [0.25, 0.3) is 5.56 Å². The maximum atomic E-state index is 14.2. The van der Waals surface area contributed by atoms with Crippen LogP contribution in [0.2, 0.25) is 0 Å². The number of fused-ring (bicyclic) bond motifs is 6. The molecule has 0 radical (unpaired) electrons. The first-order valence-corrected chi connectivity index (χ1v) is 8.75. The third-order valence-corrected chi connectivity index (χ3v) is 5.02. The van der Waals surface area contributed by atoms with E-state index in [-0.39, 0.29) is 36.1 Å². The van der Waals surface area contributed by atoms with Crippen molar-refractivity contribution in [1.29, 1.82) is 5.41 Å². The molecule has 4 N–H and O–H groups in total. The zero-order valence-corrected chi connectivity index (χ0v) is 14.5. The number of rotatable bonds is 0. The Labute approximate surface area is 154 Å². The Morgan fingerprint density at radius 3 is 2.93 bits per heavy atom. The zero-order valence-electron chi connectivity index (χ0n) is 14.5. The summed E-state index contributed by atoms with van der Waals surface area (Å²) in [5, 5.41) is 11.3. The number of anilines is 2. The summed E-state index contributed by atoms with van der Waals surface area (Å²) in [6.45, 7) is 0.615. The van der Waals surface area contributed by atoms with E-state index < -0.39 is 11.9 Å². The predicted molar refractivity (Wildman–Crippen MR) is 98.1 cm³/mol. The third kappa shape index (κ3) is 3.05. The van der Waals surface area contributed by atoms with Gasteiger partial charge in [-0.3, -0.25) is 15.0 Å². The van der Waals surface area contributed by atoms with E-state index in [0.29, 0.717) is 29.8 Å². The summed E-state index contributed by atoms with van der Waals surface area (Å²) in [6, 6.07) is 2.42. The molecule has 8 nitrogen and oxygen atoms in total. The van der Waals surface area contributed by atoms with Crippen molar-refractivity contribution in [3.05, 3.63) is 51.8 Å². The van der Waals surface area contributed by atoms with Crippen molar-refractivity contribution >= 4 is 23.2 Å². The van der Waals surface area contributed by atoms with Crippen molar-refractivity contribution < 1.29 is 9.18 Å². The molecule has 4 rings (SSSR count). The molecule has 0 aromatic carbocycles. The van der Waals surface area contributed by atoms with Gasteiger partial charge in [-0.05, 0) is 25.0 Å². The molecule has 1 amide bonds. The fourth-order valence-electron chi connectivity index (χ4n) is 3.72. The molecule has 2 aliphatic heterocycles. The van der Waals surface area contributed by atoms with E-state index in [1.54, 1.807) is 11.0 Å². The van der Waals surface area contributed by atoms with E-state index in [1.807, 2.05) is 0 Å². The van der Waals surface area contributed by atoms with Gasteiger partial charge in [-0.1, -0.05) is 0 Å². The van der Waals surface area contributed by atoms with Gasteiger partial charge in [0.2, 0.25) is 5.91 Å². The smallest absolute Gasteiger partial charge is 0.256 e. The second-order valence-electron chi connectivity index (χ2n) is 6.77. The average molecular weight is 370 g/mol. The van der Waals surface area contributed by atoms with E-state index in [2.05, 4.69) is 10.3 Å². The Kier molecular flexibility index (Phi) is 4.14. The van der Waals surface area contributed by atoms with E-state index in [0.717, 1.165) is 12.6 Å². The normalized spacial score (nSPS) is 19.6. The molecule has 1 atom stereocenters. The van der Waals surface area contributed by atoms with Crippen molar-refractivity contribution in [3.8, 4) is 0 Å². The summed E-state index contributed by atoms with van der Waals surface area (Å²) in [7, 11) is 0. The minimum Gasteiger partial charge on any atom is -0.383 e. The molecule has 1 fully saturated rings. The van der Waals surface area contributed by atoms with Crippen LogP contribution in [0.25, 0.3) is 0 Å². The lowest BCUT2D eigenvalue weighted by molar-refractivity contribution is -0.116. The zero-order chi connectivity index (χ0) is 19.1. The third-order valence-electron chi connectivity index (χ3n) is 5.02. The number of pyridine rings is 2. The number of nitrogens with zero attached hydrogens (tertiary/aromatic N) is 3. The quantitative estimate of drug-likeness (QED) is 0.649. The van der Waals surface area contributed by atoms with E-state index >= 15 is 0 Å². The molecule has 2 aliphatic rings. The van der Waals surface area contributed by atoms with Gasteiger partial charge >= 0.3 is 0 Å². The molecule has 0 aliphatic carbocycles. The van der Waals surface area contributed by atoms with Gasteiger partial charge in [0.05, 0.1) is 23.5 Å². The molecule has 0 spiro atoms. The van der Waals surface area contributed by atoms with Crippen molar-refractivity contribution in [2.45, 2.75) is 31.8 Å². The number of hydrogen-bond donors (Lipinski definition) is 3. The molecule has 0 unspecified atom stereocenters. The van der Waals surface area contributed by atoms with Gasteiger partial charge in [0.15, 0.2) is 0 Å². The van der Waals surface area contributed by atoms with Crippen LogP contribution >= 0.6 is 0 Å². The van der Waals surface area contributed by atoms with Gasteiger partial charge in [0.1, 0.15) is 17.5 Å². The van der Waals surface area contributed by atoms with Gasteiger partial charge in [-0.2, -0.15) is 0 Å². The first-order chi connectivity index (χ1) is 12.9. The standard InChI is InChI=1S/C18H19FN6O2/c19-10-6-12-14-2-1-4-25(14)17(21)13-7-11(8-22-16(13)20)23-15(26)3-5-24(9-10)18(12)27/h6-9,14,21H,1-5H2,(H2,20,22)(H,23,26)/t14-/m1/s1. The van der Waals surface area contributed by atoms with Gasteiger partial charge < -0.3 is 20.5 Å². The highest BCUT2D eigenvalue weighted by Gasteiger charge is 2.32. The monoisotopic (exact) mass is 370 g/mol. The second-order valence-corrected chi connectivity index (χ2v) is 6.77. The maximum absolute atomic E-state index is 14.2. The molecule has 2 aromatic rings. The van der Waals surface area contributed by atoms with Crippen molar-refractivity contribution in [1.82, 2.24) is 14.5 Å². The van der Waals surface area contributed by atoms with Crippen molar-refractivity contribution in [2.75, 3.05) is 17.6 Å². The summed E-state index contributed by atoms with van der Waals surface area (Å²) >= 11 is 0. The minimum absolute atomic E-state index is 0.00827. The second kappa shape index (κ2) is 6.49. The number of nitrogens with one attached hydrogen (secondary N) is 2. The molecule has 0 saturated carbocycles. The van der Waals surface area contributed by atoms with E-state index in [1.165, 1.54) is 16.8 Å². The van der Waals surface area contributed by atoms with Crippen molar-refractivity contribution in [2.24, 2.45) is 0 Å². The molecule has 140 valence electrons. The summed E-state index contributed by atoms with van der Waals surface area (Å²) in [5.41, 5.74) is 6.70. The van der Waals surface area contributed by atoms with Crippen LogP contribution in [0.15, 0.2) is 29.3 Å². The molecule has 27 heavy (non-hydrogen) atoms. The lowest BCUT2D eigenvalue weighted by Gasteiger charge is -2.28. The number of amides is 1. The number of nitrogen functional groups attached to an aromatic ring is 1. The molecule has 4 bridgehead atoms. The summed E-state index contributed by atoms with van der Waals surface area (Å²) in [6.07, 6.45) is 3.95. The lowest BCUT2D eigenvalue weighted by Crippen LogP contribution is -2.35.